The van der Waals surface area contributed by atoms with Crippen LogP contribution in [-0.2, 0) is 14.6 Å². The minimum absolute atomic E-state index is 0.314. The van der Waals surface area contributed by atoms with Crippen molar-refractivity contribution in [2.75, 3.05) is 26.1 Å². The Morgan fingerprint density at radius 2 is 1.17 bits per heavy atom. The minimum atomic E-state index is -3.01. The van der Waals surface area contributed by atoms with Gasteiger partial charge in [0.15, 0.2) is 9.84 Å². The summed E-state index contributed by atoms with van der Waals surface area (Å²) in [6.45, 7) is 10.5. The maximum atomic E-state index is 12.1. The Balaban J connectivity index is 4.00. The molecule has 0 saturated carbocycles. The highest BCUT2D eigenvalue weighted by atomic mass is 32.2. The largest absolute Gasteiger partial charge is 0.396 e. The van der Waals surface area contributed by atoms with Crippen LogP contribution in [0.5, 0.6) is 0 Å². The first-order chi connectivity index (χ1) is 13.8. The Morgan fingerprint density at radius 1 is 0.690 bits per heavy atom. The summed E-state index contributed by atoms with van der Waals surface area (Å²) in [7, 11) is -3.01. The van der Waals surface area contributed by atoms with Gasteiger partial charge in [-0.1, -0.05) is 59.8 Å². The van der Waals surface area contributed by atoms with Crippen molar-refractivity contribution < 1.29 is 18.3 Å². The van der Waals surface area contributed by atoms with Gasteiger partial charge in [-0.15, -0.1) is 0 Å². The van der Waals surface area contributed by atoms with Gasteiger partial charge in [-0.2, -0.15) is 0 Å². The molecular weight excluding hydrogens is 384 g/mol. The molecule has 0 aromatic rings. The lowest BCUT2D eigenvalue weighted by Gasteiger charge is -2.32. The quantitative estimate of drug-likeness (QED) is 0.228. The van der Waals surface area contributed by atoms with Crippen molar-refractivity contribution >= 4 is 9.84 Å². The first-order valence-corrected chi connectivity index (χ1v) is 14.0. The topological polar surface area (TPSA) is 63.6 Å². The molecule has 4 nitrogen and oxygen atoms in total. The maximum absolute atomic E-state index is 12.1. The number of hydrogen-bond donors (Lipinski definition) is 1. The summed E-state index contributed by atoms with van der Waals surface area (Å²) in [6.07, 6.45) is 16.0. The van der Waals surface area contributed by atoms with E-state index in [0.717, 1.165) is 51.7 Å². The van der Waals surface area contributed by atoms with E-state index < -0.39 is 14.6 Å². The van der Waals surface area contributed by atoms with Gasteiger partial charge in [0, 0.05) is 26.1 Å². The first-order valence-electron chi connectivity index (χ1n) is 12.1. The molecule has 0 aliphatic heterocycles. The molecule has 1 N–H and O–H groups in total. The van der Waals surface area contributed by atoms with E-state index in [1.54, 1.807) is 0 Å². The fraction of sp³-hybridized carbons (Fsp3) is 1.00. The van der Waals surface area contributed by atoms with E-state index in [1.807, 2.05) is 13.8 Å². The van der Waals surface area contributed by atoms with Crippen LogP contribution in [0.4, 0.5) is 0 Å². The van der Waals surface area contributed by atoms with Crippen LogP contribution in [0.15, 0.2) is 0 Å². The van der Waals surface area contributed by atoms with Crippen LogP contribution < -0.4 is 0 Å². The molecule has 0 atom stereocenters. The van der Waals surface area contributed by atoms with Crippen molar-refractivity contribution in [3.05, 3.63) is 0 Å². The maximum Gasteiger partial charge on any atom is 0.153 e. The second kappa shape index (κ2) is 15.6. The standard InChI is InChI=1S/C24H50O4S/c1-6-23(7-2,17-11-10-14-20-25)18-12-15-21-28-22-16-13-19-24(8-3,9-4)29(5,26)27/h25H,6-22H2,1-5H3. The zero-order chi connectivity index (χ0) is 22.2. The molecule has 0 rings (SSSR count). The van der Waals surface area contributed by atoms with Crippen molar-refractivity contribution in [2.24, 2.45) is 5.41 Å². The minimum Gasteiger partial charge on any atom is -0.396 e. The summed E-state index contributed by atoms with van der Waals surface area (Å²) in [4.78, 5) is 0. The molecule has 0 bridgehead atoms. The average molecular weight is 435 g/mol. The SMILES string of the molecule is CCC(CC)(CCCCCO)CCCCOCCCCC(CC)(CC)S(C)(=O)=O. The fourth-order valence-corrected chi connectivity index (χ4v) is 6.21. The molecule has 5 heteroatoms. The fourth-order valence-electron chi connectivity index (χ4n) is 4.64. The number of aliphatic hydroxyl groups excluding tert-OH is 1. The molecule has 0 aliphatic carbocycles. The first kappa shape index (κ1) is 28.9. The summed E-state index contributed by atoms with van der Waals surface area (Å²) in [6, 6.07) is 0. The highest BCUT2D eigenvalue weighted by Crippen LogP contribution is 2.38. The van der Waals surface area contributed by atoms with E-state index in [2.05, 4.69) is 13.8 Å². The van der Waals surface area contributed by atoms with Gasteiger partial charge in [-0.3, -0.25) is 0 Å². The smallest absolute Gasteiger partial charge is 0.153 e. The van der Waals surface area contributed by atoms with Gasteiger partial charge in [0.05, 0.1) is 4.75 Å². The van der Waals surface area contributed by atoms with Crippen molar-refractivity contribution in [2.45, 2.75) is 122 Å². The third-order valence-corrected chi connectivity index (χ3v) is 9.71. The van der Waals surface area contributed by atoms with Crippen LogP contribution in [0.3, 0.4) is 0 Å². The van der Waals surface area contributed by atoms with Crippen molar-refractivity contribution in [3.63, 3.8) is 0 Å². The predicted octanol–water partition coefficient (Wildman–Crippen LogP) is 6.31. The summed E-state index contributed by atoms with van der Waals surface area (Å²) in [5.74, 6) is 0. The monoisotopic (exact) mass is 434 g/mol. The van der Waals surface area contributed by atoms with Gasteiger partial charge in [0.25, 0.3) is 0 Å². The van der Waals surface area contributed by atoms with E-state index in [9.17, 15) is 8.42 Å². The Bertz CT molecular complexity index is 479. The second-order valence-corrected chi connectivity index (χ2v) is 11.3. The number of ether oxygens (including phenoxy) is 1. The van der Waals surface area contributed by atoms with Gasteiger partial charge >= 0.3 is 0 Å². The van der Waals surface area contributed by atoms with E-state index in [4.69, 9.17) is 9.84 Å². The molecule has 0 heterocycles. The van der Waals surface area contributed by atoms with Crippen LogP contribution in [0.2, 0.25) is 0 Å². The zero-order valence-corrected chi connectivity index (χ0v) is 20.9. The highest BCUT2D eigenvalue weighted by Gasteiger charge is 2.36. The van der Waals surface area contributed by atoms with E-state index >= 15 is 0 Å². The second-order valence-electron chi connectivity index (χ2n) is 8.93. The Labute approximate surface area is 182 Å². The lowest BCUT2D eigenvalue weighted by Crippen LogP contribution is -2.36. The Hall–Kier alpha value is -0.130. The van der Waals surface area contributed by atoms with E-state index in [0.29, 0.717) is 24.9 Å². The van der Waals surface area contributed by atoms with Crippen molar-refractivity contribution in [1.29, 1.82) is 0 Å². The van der Waals surface area contributed by atoms with Crippen LogP contribution in [-0.4, -0.2) is 44.3 Å². The number of aliphatic hydroxyl groups is 1. The summed E-state index contributed by atoms with van der Waals surface area (Å²) in [5.41, 5.74) is 0.463. The average Bonchev–Trinajstić information content (AvgIpc) is 2.70. The number of rotatable bonds is 20. The molecule has 29 heavy (non-hydrogen) atoms. The summed E-state index contributed by atoms with van der Waals surface area (Å²) >= 11 is 0. The molecule has 0 aromatic heterocycles. The third-order valence-electron chi connectivity index (χ3n) is 7.36. The van der Waals surface area contributed by atoms with Gasteiger partial charge in [-0.25, -0.2) is 8.42 Å². The lowest BCUT2D eigenvalue weighted by molar-refractivity contribution is 0.118. The molecule has 0 amide bonds. The molecule has 0 unspecified atom stereocenters. The van der Waals surface area contributed by atoms with Gasteiger partial charge in [0.2, 0.25) is 0 Å². The number of unbranched alkanes of at least 4 members (excludes halogenated alkanes) is 4. The lowest BCUT2D eigenvalue weighted by atomic mass is 9.74. The molecule has 0 saturated heterocycles. The molecule has 0 radical (unpaired) electrons. The van der Waals surface area contributed by atoms with Crippen LogP contribution in [0.1, 0.15) is 118 Å². The van der Waals surface area contributed by atoms with Crippen LogP contribution in [0.25, 0.3) is 0 Å². The number of hydrogen-bond acceptors (Lipinski definition) is 4. The summed E-state index contributed by atoms with van der Waals surface area (Å²) in [5, 5.41) is 8.95. The molecular formula is C24H50O4S. The molecule has 176 valence electrons. The Kier molecular flexibility index (Phi) is 15.6. The molecule has 0 aromatic carbocycles. The number of sulfone groups is 1. The summed E-state index contributed by atoms with van der Waals surface area (Å²) < 4.78 is 29.6. The molecule has 0 fully saturated rings. The normalized spacial score (nSPS) is 13.2. The Morgan fingerprint density at radius 3 is 1.59 bits per heavy atom. The predicted molar refractivity (Wildman–Crippen MR) is 125 cm³/mol. The van der Waals surface area contributed by atoms with Gasteiger partial charge in [-0.05, 0) is 63.2 Å². The molecule has 0 spiro atoms. The van der Waals surface area contributed by atoms with Gasteiger partial charge in [0.1, 0.15) is 0 Å². The zero-order valence-electron chi connectivity index (χ0n) is 20.1. The molecule has 0 aliphatic rings. The van der Waals surface area contributed by atoms with E-state index in [1.165, 1.54) is 44.8 Å². The van der Waals surface area contributed by atoms with Crippen LogP contribution >= 0.6 is 0 Å². The van der Waals surface area contributed by atoms with Gasteiger partial charge < -0.3 is 9.84 Å². The van der Waals surface area contributed by atoms with E-state index in [-0.39, 0.29) is 0 Å². The van der Waals surface area contributed by atoms with Crippen molar-refractivity contribution in [3.8, 4) is 0 Å². The van der Waals surface area contributed by atoms with Crippen LogP contribution in [0, 0.1) is 5.41 Å². The van der Waals surface area contributed by atoms with Crippen molar-refractivity contribution in [1.82, 2.24) is 0 Å². The third kappa shape index (κ3) is 10.6. The highest BCUT2D eigenvalue weighted by molar-refractivity contribution is 7.92.